The molecule has 0 spiro atoms. The Hall–Kier alpha value is -2.33. The van der Waals surface area contributed by atoms with Crippen molar-refractivity contribution >= 4 is 29.4 Å². The summed E-state index contributed by atoms with van der Waals surface area (Å²) in [5.74, 6) is -2.07. The third kappa shape index (κ3) is 31.4. The van der Waals surface area contributed by atoms with E-state index in [1.807, 2.05) is 6.92 Å². The first-order valence-corrected chi connectivity index (χ1v) is 19.6. The third-order valence-corrected chi connectivity index (χ3v) is 9.15. The smallest absolute Gasteiger partial charge is 0.306 e. The number of ether oxygens (including phenoxy) is 2. The minimum atomic E-state index is -1.04. The highest BCUT2D eigenvalue weighted by Crippen LogP contribution is 2.17. The molecule has 0 aliphatic heterocycles. The molecule has 0 aliphatic carbocycles. The molecule has 0 heterocycles. The van der Waals surface area contributed by atoms with Crippen LogP contribution in [0.15, 0.2) is 0 Å². The number of aliphatic carboxylic acids is 1. The number of ketones is 2. The van der Waals surface area contributed by atoms with E-state index in [2.05, 4.69) is 17.6 Å². The molecular formula is C39H72N2O8. The molecule has 0 unspecified atom stereocenters. The zero-order valence-corrected chi connectivity index (χ0v) is 31.5. The van der Waals surface area contributed by atoms with Crippen molar-refractivity contribution in [3.8, 4) is 0 Å². The first kappa shape index (κ1) is 46.7. The van der Waals surface area contributed by atoms with Crippen LogP contribution in [0.25, 0.3) is 0 Å². The average Bonchev–Trinajstić information content (AvgIpc) is 3.07. The standard InChI is InChI=1S/C39H72N2O8/c1-4-6-7-8-9-10-11-12-13-14-15-16-17-18-19-23-36(43)31-35(39(46)47)24-25-37(44)41-27-28-48-29-30-49-32-38(45)40-26-21-20-22-34(5-2)33(3)42/h34-35H,4-32H2,1-3H3,(H,40,45)(H,41,44)(H,46,47)/t34-,35+/m0/s1. The number of rotatable bonds is 37. The van der Waals surface area contributed by atoms with Crippen LogP contribution in [0.2, 0.25) is 0 Å². The quantitative estimate of drug-likeness (QED) is 0.0559. The Labute approximate surface area is 298 Å². The van der Waals surface area contributed by atoms with Gasteiger partial charge in [0.05, 0.1) is 25.7 Å². The van der Waals surface area contributed by atoms with E-state index in [1.165, 1.54) is 77.0 Å². The van der Waals surface area contributed by atoms with Crippen LogP contribution < -0.4 is 10.6 Å². The zero-order valence-electron chi connectivity index (χ0n) is 31.5. The van der Waals surface area contributed by atoms with Crippen LogP contribution in [0.3, 0.4) is 0 Å². The lowest BCUT2D eigenvalue weighted by Gasteiger charge is -2.12. The van der Waals surface area contributed by atoms with Gasteiger partial charge in [0.15, 0.2) is 0 Å². The van der Waals surface area contributed by atoms with Crippen molar-refractivity contribution in [2.24, 2.45) is 11.8 Å². The molecule has 0 bridgehead atoms. The molecule has 0 aromatic rings. The molecule has 3 N–H and O–H groups in total. The Morgan fingerprint density at radius 3 is 1.67 bits per heavy atom. The van der Waals surface area contributed by atoms with Gasteiger partial charge < -0.3 is 25.2 Å². The van der Waals surface area contributed by atoms with Gasteiger partial charge in [0.25, 0.3) is 0 Å². The van der Waals surface area contributed by atoms with Gasteiger partial charge in [-0.1, -0.05) is 110 Å². The van der Waals surface area contributed by atoms with Gasteiger partial charge >= 0.3 is 5.97 Å². The Morgan fingerprint density at radius 1 is 0.571 bits per heavy atom. The lowest BCUT2D eigenvalue weighted by atomic mass is 9.94. The third-order valence-electron chi connectivity index (χ3n) is 9.15. The highest BCUT2D eigenvalue weighted by molar-refractivity contribution is 5.84. The molecule has 2 amide bonds. The van der Waals surface area contributed by atoms with Crippen LogP contribution in [0.4, 0.5) is 0 Å². The first-order chi connectivity index (χ1) is 23.7. The molecule has 0 rings (SSSR count). The van der Waals surface area contributed by atoms with Crippen LogP contribution in [0.5, 0.6) is 0 Å². The highest BCUT2D eigenvalue weighted by Gasteiger charge is 2.22. The number of carboxylic acids is 1. The van der Waals surface area contributed by atoms with E-state index >= 15 is 0 Å². The molecule has 49 heavy (non-hydrogen) atoms. The second-order valence-electron chi connectivity index (χ2n) is 13.6. The summed E-state index contributed by atoms with van der Waals surface area (Å²) in [5.41, 5.74) is 0. The molecule has 0 aliphatic rings. The zero-order chi connectivity index (χ0) is 36.4. The van der Waals surface area contributed by atoms with Gasteiger partial charge in [0.2, 0.25) is 11.8 Å². The fourth-order valence-corrected chi connectivity index (χ4v) is 5.91. The fourth-order valence-electron chi connectivity index (χ4n) is 5.91. The molecule has 10 heteroatoms. The largest absolute Gasteiger partial charge is 0.481 e. The van der Waals surface area contributed by atoms with Crippen molar-refractivity contribution in [2.75, 3.05) is 39.5 Å². The van der Waals surface area contributed by atoms with Crippen LogP contribution >= 0.6 is 0 Å². The summed E-state index contributed by atoms with van der Waals surface area (Å²) in [5, 5.41) is 15.1. The van der Waals surface area contributed by atoms with E-state index in [-0.39, 0.29) is 81.5 Å². The van der Waals surface area contributed by atoms with Crippen molar-refractivity contribution < 1.29 is 38.6 Å². The van der Waals surface area contributed by atoms with Crippen LogP contribution in [-0.4, -0.2) is 74.0 Å². The second-order valence-corrected chi connectivity index (χ2v) is 13.6. The lowest BCUT2D eigenvalue weighted by molar-refractivity contribution is -0.144. The minimum Gasteiger partial charge on any atom is -0.481 e. The van der Waals surface area contributed by atoms with Gasteiger partial charge in [-0.05, 0) is 39.0 Å². The summed E-state index contributed by atoms with van der Waals surface area (Å²) in [6.45, 7) is 7.44. The first-order valence-electron chi connectivity index (χ1n) is 19.6. The number of carboxylic acid groups (broad SMARTS) is 1. The maximum Gasteiger partial charge on any atom is 0.306 e. The number of amides is 2. The van der Waals surface area contributed by atoms with Crippen molar-refractivity contribution in [1.29, 1.82) is 0 Å². The Morgan fingerprint density at radius 2 is 1.12 bits per heavy atom. The fraction of sp³-hybridized carbons (Fsp3) is 0.872. The van der Waals surface area contributed by atoms with Crippen LogP contribution in [0.1, 0.15) is 168 Å². The maximum absolute atomic E-state index is 12.4. The molecule has 0 saturated heterocycles. The van der Waals surface area contributed by atoms with E-state index < -0.39 is 11.9 Å². The normalized spacial score (nSPS) is 12.4. The summed E-state index contributed by atoms with van der Waals surface area (Å²) in [4.78, 5) is 59.5. The summed E-state index contributed by atoms with van der Waals surface area (Å²) in [6.07, 6.45) is 22.8. The van der Waals surface area contributed by atoms with Gasteiger partial charge in [-0.2, -0.15) is 0 Å². The monoisotopic (exact) mass is 697 g/mol. The summed E-state index contributed by atoms with van der Waals surface area (Å²) in [6, 6.07) is 0. The Balaban J connectivity index is 3.72. The molecule has 2 atom stereocenters. The van der Waals surface area contributed by atoms with E-state index in [0.717, 1.165) is 44.9 Å². The van der Waals surface area contributed by atoms with E-state index in [9.17, 15) is 29.1 Å². The molecule has 0 aromatic carbocycles. The highest BCUT2D eigenvalue weighted by atomic mass is 16.5. The van der Waals surface area contributed by atoms with Crippen molar-refractivity contribution in [3.63, 3.8) is 0 Å². The second kappa shape index (κ2) is 34.1. The SMILES string of the molecule is CCCCCCCCCCCCCCCCCC(=O)C[C@@H](CCC(=O)NCCOCCOCC(=O)NCCCC[C@H](CC)C(C)=O)C(=O)O. The number of hydrogen-bond acceptors (Lipinski definition) is 7. The average molecular weight is 697 g/mol. The topological polar surface area (TPSA) is 148 Å². The van der Waals surface area contributed by atoms with Gasteiger partial charge in [-0.15, -0.1) is 0 Å². The summed E-state index contributed by atoms with van der Waals surface area (Å²) < 4.78 is 10.7. The molecule has 10 nitrogen and oxygen atoms in total. The number of Topliss-reactive ketones (excluding diaryl/α,β-unsaturated/α-hetero) is 2. The molecule has 0 aromatic heterocycles. The van der Waals surface area contributed by atoms with Crippen LogP contribution in [0, 0.1) is 11.8 Å². The lowest BCUT2D eigenvalue weighted by Crippen LogP contribution is -2.30. The summed E-state index contributed by atoms with van der Waals surface area (Å²) >= 11 is 0. The van der Waals surface area contributed by atoms with Crippen molar-refractivity contribution in [2.45, 2.75) is 168 Å². The number of hydrogen-bond donors (Lipinski definition) is 3. The van der Waals surface area contributed by atoms with Crippen LogP contribution in [-0.2, 0) is 33.4 Å². The predicted octanol–water partition coefficient (Wildman–Crippen LogP) is 7.74. The number of unbranched alkanes of at least 4 members (excludes halogenated alkanes) is 15. The Bertz CT molecular complexity index is 866. The predicted molar refractivity (Wildman–Crippen MR) is 196 cm³/mol. The Kier molecular flexibility index (Phi) is 32.5. The van der Waals surface area contributed by atoms with Gasteiger partial charge in [-0.3, -0.25) is 24.0 Å². The molecule has 0 saturated carbocycles. The van der Waals surface area contributed by atoms with Gasteiger partial charge in [0, 0.05) is 38.3 Å². The van der Waals surface area contributed by atoms with Gasteiger partial charge in [-0.25, -0.2) is 0 Å². The van der Waals surface area contributed by atoms with Crippen molar-refractivity contribution in [3.05, 3.63) is 0 Å². The molecular weight excluding hydrogens is 624 g/mol. The number of carbonyl (C=O) groups is 5. The van der Waals surface area contributed by atoms with E-state index in [1.54, 1.807) is 6.92 Å². The van der Waals surface area contributed by atoms with Crippen molar-refractivity contribution in [1.82, 2.24) is 10.6 Å². The summed E-state index contributed by atoms with van der Waals surface area (Å²) in [7, 11) is 0. The number of nitrogens with one attached hydrogen (secondary N) is 2. The minimum absolute atomic E-state index is 0.0249. The van der Waals surface area contributed by atoms with E-state index in [4.69, 9.17) is 9.47 Å². The molecule has 286 valence electrons. The number of carbonyl (C=O) groups excluding carboxylic acids is 4. The molecule has 0 fully saturated rings. The van der Waals surface area contributed by atoms with E-state index in [0.29, 0.717) is 13.0 Å². The maximum atomic E-state index is 12.4. The molecule has 0 radical (unpaired) electrons. The van der Waals surface area contributed by atoms with Gasteiger partial charge in [0.1, 0.15) is 18.2 Å².